The van der Waals surface area contributed by atoms with E-state index in [-0.39, 0.29) is 11.9 Å². The van der Waals surface area contributed by atoms with E-state index in [0.717, 1.165) is 44.0 Å². The third kappa shape index (κ3) is 5.90. The Labute approximate surface area is 228 Å². The first-order valence-electron chi connectivity index (χ1n) is 13.1. The highest BCUT2D eigenvalue weighted by Crippen LogP contribution is 2.23. The van der Waals surface area contributed by atoms with Gasteiger partial charge in [0, 0.05) is 62.4 Å². The van der Waals surface area contributed by atoms with E-state index in [0.29, 0.717) is 33.7 Å². The van der Waals surface area contributed by atoms with E-state index in [9.17, 15) is 4.79 Å². The molecule has 1 saturated heterocycles. The summed E-state index contributed by atoms with van der Waals surface area (Å²) in [4.78, 5) is 30.5. The normalized spacial score (nSPS) is 14.4. The molecule has 0 atom stereocenters. The van der Waals surface area contributed by atoms with Crippen LogP contribution >= 0.6 is 0 Å². The number of hydrogen-bond donors (Lipinski definition) is 2. The van der Waals surface area contributed by atoms with Crippen molar-refractivity contribution in [3.8, 4) is 11.8 Å². The molecule has 3 aromatic heterocycles. The van der Waals surface area contributed by atoms with Crippen molar-refractivity contribution in [2.24, 2.45) is 0 Å². The SMILES string of the molecule is Cc1cc(NC(=O)c2cncc(C#Cc3nn(C(C)C)c4ncnc(N)c34)c2)ccc1CN1CCN(C)CC1. The zero-order chi connectivity index (χ0) is 27.5. The third-order valence-corrected chi connectivity index (χ3v) is 6.92. The van der Waals surface area contributed by atoms with E-state index in [2.05, 4.69) is 67.0 Å². The molecule has 200 valence electrons. The van der Waals surface area contributed by atoms with Crippen molar-refractivity contribution in [3.63, 3.8) is 0 Å². The molecule has 4 heterocycles. The van der Waals surface area contributed by atoms with Crippen LogP contribution in [0.15, 0.2) is 43.0 Å². The van der Waals surface area contributed by atoms with Gasteiger partial charge in [-0.25, -0.2) is 14.6 Å². The van der Waals surface area contributed by atoms with E-state index >= 15 is 0 Å². The Morgan fingerprint density at radius 1 is 1.10 bits per heavy atom. The van der Waals surface area contributed by atoms with Crippen LogP contribution in [-0.2, 0) is 6.54 Å². The zero-order valence-corrected chi connectivity index (χ0v) is 22.8. The van der Waals surface area contributed by atoms with Crippen molar-refractivity contribution in [2.75, 3.05) is 44.3 Å². The number of amides is 1. The van der Waals surface area contributed by atoms with Crippen LogP contribution in [0.4, 0.5) is 11.5 Å². The van der Waals surface area contributed by atoms with Crippen LogP contribution in [0, 0.1) is 18.8 Å². The Hall–Kier alpha value is -4.33. The molecule has 0 radical (unpaired) electrons. The number of nitrogens with zero attached hydrogens (tertiary/aromatic N) is 7. The lowest BCUT2D eigenvalue weighted by Crippen LogP contribution is -2.43. The second kappa shape index (κ2) is 11.2. The molecule has 0 aliphatic carbocycles. The molecule has 1 aliphatic rings. The topological polar surface area (TPSA) is 118 Å². The average molecular weight is 524 g/mol. The number of benzene rings is 1. The van der Waals surface area contributed by atoms with Crippen LogP contribution in [0.25, 0.3) is 11.0 Å². The molecule has 1 amide bonds. The number of rotatable bonds is 5. The molecule has 5 rings (SSSR count). The number of nitrogens with two attached hydrogens (primary N) is 1. The first-order valence-corrected chi connectivity index (χ1v) is 13.1. The maximum absolute atomic E-state index is 13.0. The minimum atomic E-state index is -0.246. The second-order valence-electron chi connectivity index (χ2n) is 10.2. The number of nitrogen functional groups attached to an aromatic ring is 1. The first-order chi connectivity index (χ1) is 18.8. The first kappa shape index (κ1) is 26.3. The number of aromatic nitrogens is 5. The predicted molar refractivity (Wildman–Crippen MR) is 152 cm³/mol. The molecule has 3 N–H and O–H groups in total. The maximum atomic E-state index is 13.0. The molecule has 1 fully saturated rings. The van der Waals surface area contributed by atoms with Crippen molar-refractivity contribution in [1.29, 1.82) is 0 Å². The van der Waals surface area contributed by atoms with E-state index in [1.165, 1.54) is 18.1 Å². The van der Waals surface area contributed by atoms with Gasteiger partial charge in [0.2, 0.25) is 0 Å². The van der Waals surface area contributed by atoms with Gasteiger partial charge in [-0.2, -0.15) is 5.10 Å². The van der Waals surface area contributed by atoms with Crippen molar-refractivity contribution < 1.29 is 4.79 Å². The summed E-state index contributed by atoms with van der Waals surface area (Å²) in [6, 6.07) is 7.86. The fourth-order valence-corrected chi connectivity index (χ4v) is 4.61. The molecular formula is C29H33N9O. The highest BCUT2D eigenvalue weighted by molar-refractivity contribution is 6.04. The summed E-state index contributed by atoms with van der Waals surface area (Å²) < 4.78 is 1.78. The average Bonchev–Trinajstić information content (AvgIpc) is 3.31. The summed E-state index contributed by atoms with van der Waals surface area (Å²) in [6.45, 7) is 11.3. The van der Waals surface area contributed by atoms with Crippen molar-refractivity contribution in [3.05, 3.63) is 70.9 Å². The lowest BCUT2D eigenvalue weighted by molar-refractivity contribution is 0.102. The van der Waals surface area contributed by atoms with Gasteiger partial charge in [0.1, 0.15) is 17.8 Å². The lowest BCUT2D eigenvalue weighted by Gasteiger charge is -2.32. The van der Waals surface area contributed by atoms with Gasteiger partial charge in [-0.3, -0.25) is 14.7 Å². The number of pyridine rings is 1. The minimum Gasteiger partial charge on any atom is -0.383 e. The van der Waals surface area contributed by atoms with Crippen molar-refractivity contribution in [1.82, 2.24) is 34.5 Å². The molecule has 0 saturated carbocycles. The standard InChI is InChI=1S/C29H33N9O/c1-19(2)38-28-26(27(30)32-18-33-28)25(35-38)8-5-21-14-23(16-31-15-21)29(39)34-24-7-6-22(20(3)13-24)17-37-11-9-36(4)10-12-37/h6-7,13-16,18-19H,9-12,17H2,1-4H3,(H,34,39)(H2,30,32,33). The number of carbonyl (C=O) groups excluding carboxylic acids is 1. The van der Waals surface area contributed by atoms with Gasteiger partial charge in [-0.05, 0) is 63.1 Å². The van der Waals surface area contributed by atoms with Crippen LogP contribution in [0.2, 0.25) is 0 Å². The minimum absolute atomic E-state index is 0.0792. The van der Waals surface area contributed by atoms with E-state index in [1.807, 2.05) is 26.0 Å². The lowest BCUT2D eigenvalue weighted by atomic mass is 10.1. The van der Waals surface area contributed by atoms with Gasteiger partial charge in [0.15, 0.2) is 5.65 Å². The van der Waals surface area contributed by atoms with Crippen LogP contribution in [0.5, 0.6) is 0 Å². The summed E-state index contributed by atoms with van der Waals surface area (Å²) in [6.07, 6.45) is 4.57. The Morgan fingerprint density at radius 2 is 1.90 bits per heavy atom. The number of carbonyl (C=O) groups is 1. The molecule has 0 unspecified atom stereocenters. The highest BCUT2D eigenvalue weighted by Gasteiger charge is 2.17. The van der Waals surface area contributed by atoms with Gasteiger partial charge >= 0.3 is 0 Å². The summed E-state index contributed by atoms with van der Waals surface area (Å²) in [7, 11) is 2.16. The van der Waals surface area contributed by atoms with E-state index < -0.39 is 0 Å². The molecule has 10 heteroatoms. The highest BCUT2D eigenvalue weighted by atomic mass is 16.1. The van der Waals surface area contributed by atoms with Crippen LogP contribution in [-0.4, -0.2) is 73.7 Å². The Morgan fingerprint density at radius 3 is 2.64 bits per heavy atom. The van der Waals surface area contributed by atoms with Gasteiger partial charge in [-0.1, -0.05) is 12.0 Å². The summed E-state index contributed by atoms with van der Waals surface area (Å²) >= 11 is 0. The number of aryl methyl sites for hydroxylation is 1. The predicted octanol–water partition coefficient (Wildman–Crippen LogP) is 3.09. The van der Waals surface area contributed by atoms with Crippen LogP contribution in [0.3, 0.4) is 0 Å². The van der Waals surface area contributed by atoms with Crippen LogP contribution < -0.4 is 11.1 Å². The van der Waals surface area contributed by atoms with E-state index in [4.69, 9.17) is 5.73 Å². The summed E-state index contributed by atoms with van der Waals surface area (Å²) in [5.74, 6) is 6.21. The van der Waals surface area contributed by atoms with Crippen LogP contribution in [0.1, 0.15) is 52.6 Å². The maximum Gasteiger partial charge on any atom is 0.257 e. The Balaban J connectivity index is 1.30. The fourth-order valence-electron chi connectivity index (χ4n) is 4.61. The largest absolute Gasteiger partial charge is 0.383 e. The van der Waals surface area contributed by atoms with E-state index in [1.54, 1.807) is 16.9 Å². The number of fused-ring (bicyclic) bond motifs is 1. The second-order valence-corrected chi connectivity index (χ2v) is 10.2. The third-order valence-electron chi connectivity index (χ3n) is 6.92. The van der Waals surface area contributed by atoms with Gasteiger partial charge < -0.3 is 16.0 Å². The summed E-state index contributed by atoms with van der Waals surface area (Å²) in [5, 5.41) is 8.19. The van der Waals surface area contributed by atoms with Crippen molar-refractivity contribution >= 4 is 28.4 Å². The quantitative estimate of drug-likeness (QED) is 0.383. The molecule has 0 spiro atoms. The zero-order valence-electron chi connectivity index (χ0n) is 22.8. The molecule has 39 heavy (non-hydrogen) atoms. The molecule has 1 aromatic carbocycles. The number of hydrogen-bond acceptors (Lipinski definition) is 8. The molecule has 0 bridgehead atoms. The number of piperazine rings is 1. The molecule has 1 aliphatic heterocycles. The monoisotopic (exact) mass is 523 g/mol. The van der Waals surface area contributed by atoms with Gasteiger partial charge in [0.25, 0.3) is 5.91 Å². The van der Waals surface area contributed by atoms with Gasteiger partial charge in [0.05, 0.1) is 10.9 Å². The Bertz CT molecular complexity index is 1570. The number of likely N-dealkylation sites (N-methyl/N-ethyl adjacent to an activating group) is 1. The van der Waals surface area contributed by atoms with Gasteiger partial charge in [-0.15, -0.1) is 0 Å². The fraction of sp³-hybridized carbons (Fsp3) is 0.345. The summed E-state index contributed by atoms with van der Waals surface area (Å²) in [5.41, 5.74) is 11.4. The number of nitrogens with one attached hydrogen (secondary N) is 1. The number of anilines is 2. The molecular weight excluding hydrogens is 490 g/mol. The molecule has 4 aromatic rings. The molecule has 10 nitrogen and oxygen atoms in total. The van der Waals surface area contributed by atoms with Crippen molar-refractivity contribution in [2.45, 2.75) is 33.4 Å². The Kier molecular flexibility index (Phi) is 7.54. The smallest absolute Gasteiger partial charge is 0.257 e.